The SMILES string of the molecule is Cc1ccc(N2C(=O)[C@@H]3[C@@H](C)C=CC[C@H]3C2=O)c(C)c1. The quantitative estimate of drug-likeness (QED) is 0.580. The van der Waals surface area contributed by atoms with Gasteiger partial charge in [0.25, 0.3) is 0 Å². The van der Waals surface area contributed by atoms with Crippen molar-refractivity contribution in [3.8, 4) is 0 Å². The van der Waals surface area contributed by atoms with Gasteiger partial charge in [0.1, 0.15) is 0 Å². The standard InChI is InChI=1S/C17H19NO2/c1-10-7-8-14(12(3)9-10)18-16(19)13-6-4-5-11(2)15(13)17(18)20/h4-5,7-9,11,13,15H,6H2,1-3H3/t11-,13+,15+/m0/s1. The number of amides is 2. The first kappa shape index (κ1) is 13.1. The zero-order valence-corrected chi connectivity index (χ0v) is 12.1. The number of hydrogen-bond acceptors (Lipinski definition) is 2. The number of carbonyl (C=O) groups excluding carboxylic acids is 2. The average molecular weight is 269 g/mol. The Morgan fingerprint density at radius 2 is 1.90 bits per heavy atom. The molecule has 1 aromatic rings. The second kappa shape index (κ2) is 4.58. The molecular weight excluding hydrogens is 250 g/mol. The highest BCUT2D eigenvalue weighted by Crippen LogP contribution is 2.41. The smallest absolute Gasteiger partial charge is 0.238 e. The first-order valence-electron chi connectivity index (χ1n) is 7.12. The summed E-state index contributed by atoms with van der Waals surface area (Å²) in [5.74, 6) is -0.302. The van der Waals surface area contributed by atoms with Crippen LogP contribution < -0.4 is 4.90 Å². The highest BCUT2D eigenvalue weighted by molar-refractivity contribution is 6.22. The maximum atomic E-state index is 12.7. The van der Waals surface area contributed by atoms with Crippen LogP contribution in [0.15, 0.2) is 30.4 Å². The van der Waals surface area contributed by atoms with E-state index in [-0.39, 0.29) is 29.6 Å². The minimum Gasteiger partial charge on any atom is -0.274 e. The van der Waals surface area contributed by atoms with Crippen LogP contribution in [-0.4, -0.2) is 11.8 Å². The van der Waals surface area contributed by atoms with E-state index >= 15 is 0 Å². The number of anilines is 1. The minimum absolute atomic E-state index is 0.0381. The van der Waals surface area contributed by atoms with Crippen molar-refractivity contribution in [2.24, 2.45) is 17.8 Å². The van der Waals surface area contributed by atoms with Crippen LogP contribution in [0.5, 0.6) is 0 Å². The molecule has 0 bridgehead atoms. The summed E-state index contributed by atoms with van der Waals surface area (Å²) in [6.45, 7) is 5.98. The fraction of sp³-hybridized carbons (Fsp3) is 0.412. The van der Waals surface area contributed by atoms with Crippen LogP contribution in [0.4, 0.5) is 5.69 Å². The van der Waals surface area contributed by atoms with Gasteiger partial charge in [-0.2, -0.15) is 0 Å². The number of rotatable bonds is 1. The molecule has 0 spiro atoms. The molecule has 0 aromatic heterocycles. The van der Waals surface area contributed by atoms with Crippen molar-refractivity contribution in [3.63, 3.8) is 0 Å². The number of hydrogen-bond donors (Lipinski definition) is 0. The van der Waals surface area contributed by atoms with Gasteiger partial charge in [0, 0.05) is 0 Å². The lowest BCUT2D eigenvalue weighted by molar-refractivity contribution is -0.122. The van der Waals surface area contributed by atoms with Gasteiger partial charge >= 0.3 is 0 Å². The maximum Gasteiger partial charge on any atom is 0.238 e. The number of allylic oxidation sites excluding steroid dienone is 2. The Kier molecular flexibility index (Phi) is 3.00. The monoisotopic (exact) mass is 269 g/mol. The number of benzene rings is 1. The predicted octanol–water partition coefficient (Wildman–Crippen LogP) is 3.01. The van der Waals surface area contributed by atoms with Crippen LogP contribution in [0.2, 0.25) is 0 Å². The van der Waals surface area contributed by atoms with Gasteiger partial charge in [0.15, 0.2) is 0 Å². The summed E-state index contributed by atoms with van der Waals surface area (Å²) in [4.78, 5) is 26.7. The number of carbonyl (C=O) groups is 2. The van der Waals surface area contributed by atoms with Gasteiger partial charge in [-0.3, -0.25) is 9.59 Å². The largest absolute Gasteiger partial charge is 0.274 e. The first-order valence-corrected chi connectivity index (χ1v) is 7.12. The highest BCUT2D eigenvalue weighted by Gasteiger charge is 2.50. The predicted molar refractivity (Wildman–Crippen MR) is 78.3 cm³/mol. The van der Waals surface area contributed by atoms with E-state index in [9.17, 15) is 9.59 Å². The van der Waals surface area contributed by atoms with Crippen molar-refractivity contribution < 1.29 is 9.59 Å². The van der Waals surface area contributed by atoms with Crippen molar-refractivity contribution in [1.82, 2.24) is 0 Å². The Morgan fingerprint density at radius 1 is 1.15 bits per heavy atom. The van der Waals surface area contributed by atoms with E-state index in [1.54, 1.807) is 0 Å². The summed E-state index contributed by atoms with van der Waals surface area (Å²) in [5.41, 5.74) is 2.86. The van der Waals surface area contributed by atoms with E-state index in [1.807, 2.05) is 45.0 Å². The highest BCUT2D eigenvalue weighted by atomic mass is 16.2. The molecule has 1 aromatic carbocycles. The molecule has 3 rings (SSSR count). The molecule has 3 nitrogen and oxygen atoms in total. The van der Waals surface area contributed by atoms with Crippen molar-refractivity contribution in [3.05, 3.63) is 41.5 Å². The molecule has 2 aliphatic rings. The molecular formula is C17H19NO2. The number of fused-ring (bicyclic) bond motifs is 1. The van der Waals surface area contributed by atoms with Crippen LogP contribution in [-0.2, 0) is 9.59 Å². The van der Waals surface area contributed by atoms with E-state index in [0.717, 1.165) is 16.8 Å². The maximum absolute atomic E-state index is 12.7. The van der Waals surface area contributed by atoms with E-state index in [1.165, 1.54) is 4.90 Å². The van der Waals surface area contributed by atoms with Crippen LogP contribution >= 0.6 is 0 Å². The van der Waals surface area contributed by atoms with Gasteiger partial charge in [0.05, 0.1) is 17.5 Å². The molecule has 1 heterocycles. The molecule has 1 saturated heterocycles. The Labute approximate surface area is 119 Å². The molecule has 3 heteroatoms. The number of imide groups is 1. The molecule has 0 radical (unpaired) electrons. The fourth-order valence-electron chi connectivity index (χ4n) is 3.44. The molecule has 1 aliphatic heterocycles. The Bertz CT molecular complexity index is 617. The third-order valence-electron chi connectivity index (χ3n) is 4.47. The molecule has 0 saturated carbocycles. The lowest BCUT2D eigenvalue weighted by atomic mass is 9.78. The summed E-state index contributed by atoms with van der Waals surface area (Å²) >= 11 is 0. The number of nitrogens with zero attached hydrogens (tertiary/aromatic N) is 1. The summed E-state index contributed by atoms with van der Waals surface area (Å²) < 4.78 is 0. The zero-order chi connectivity index (χ0) is 14.4. The second-order valence-corrected chi connectivity index (χ2v) is 5.96. The first-order chi connectivity index (χ1) is 9.50. The van der Waals surface area contributed by atoms with Gasteiger partial charge in [0.2, 0.25) is 11.8 Å². The van der Waals surface area contributed by atoms with Crippen LogP contribution in [0.3, 0.4) is 0 Å². The van der Waals surface area contributed by atoms with Crippen LogP contribution in [0.1, 0.15) is 24.5 Å². The number of aryl methyl sites for hydroxylation is 2. The van der Waals surface area contributed by atoms with Crippen molar-refractivity contribution in [2.45, 2.75) is 27.2 Å². The third kappa shape index (κ3) is 1.80. The molecule has 0 N–H and O–H groups in total. The van der Waals surface area contributed by atoms with Crippen LogP contribution in [0, 0.1) is 31.6 Å². The lowest BCUT2D eigenvalue weighted by Gasteiger charge is -2.22. The molecule has 3 atom stereocenters. The summed E-state index contributed by atoms with van der Waals surface area (Å²) in [7, 11) is 0. The topological polar surface area (TPSA) is 37.4 Å². The normalized spacial score (nSPS) is 28.9. The summed E-state index contributed by atoms with van der Waals surface area (Å²) in [6, 6.07) is 5.85. The van der Waals surface area contributed by atoms with Gasteiger partial charge in [-0.1, -0.05) is 36.8 Å². The molecule has 20 heavy (non-hydrogen) atoms. The Hall–Kier alpha value is -1.90. The second-order valence-electron chi connectivity index (χ2n) is 5.96. The molecule has 104 valence electrons. The van der Waals surface area contributed by atoms with Crippen molar-refractivity contribution in [1.29, 1.82) is 0 Å². The van der Waals surface area contributed by atoms with E-state index in [0.29, 0.717) is 6.42 Å². The van der Waals surface area contributed by atoms with Crippen molar-refractivity contribution in [2.75, 3.05) is 4.90 Å². The van der Waals surface area contributed by atoms with Gasteiger partial charge in [-0.25, -0.2) is 4.90 Å². The van der Waals surface area contributed by atoms with E-state index in [4.69, 9.17) is 0 Å². The molecule has 1 fully saturated rings. The molecule has 0 unspecified atom stereocenters. The molecule has 2 amide bonds. The van der Waals surface area contributed by atoms with E-state index in [2.05, 4.69) is 6.08 Å². The van der Waals surface area contributed by atoms with Gasteiger partial charge < -0.3 is 0 Å². The average Bonchev–Trinajstić information content (AvgIpc) is 2.64. The summed E-state index contributed by atoms with van der Waals surface area (Å²) in [5, 5.41) is 0. The Morgan fingerprint density at radius 3 is 2.55 bits per heavy atom. The van der Waals surface area contributed by atoms with E-state index < -0.39 is 0 Å². The van der Waals surface area contributed by atoms with Crippen LogP contribution in [0.25, 0.3) is 0 Å². The third-order valence-corrected chi connectivity index (χ3v) is 4.47. The Balaban J connectivity index is 2.03. The minimum atomic E-state index is -0.187. The zero-order valence-electron chi connectivity index (χ0n) is 12.1. The molecule has 1 aliphatic carbocycles. The lowest BCUT2D eigenvalue weighted by Crippen LogP contribution is -2.32. The fourth-order valence-corrected chi connectivity index (χ4v) is 3.44. The van der Waals surface area contributed by atoms with Gasteiger partial charge in [-0.05, 0) is 37.8 Å². The van der Waals surface area contributed by atoms with Crippen molar-refractivity contribution >= 4 is 17.5 Å². The van der Waals surface area contributed by atoms with Gasteiger partial charge in [-0.15, -0.1) is 0 Å². The summed E-state index contributed by atoms with van der Waals surface area (Å²) in [6.07, 6.45) is 4.77.